The largest absolute Gasteiger partial charge is 0.504 e. The molecule has 0 aliphatic heterocycles. The molecule has 0 unspecified atom stereocenters. The number of nitrogens with zero attached hydrogens (tertiary/aromatic N) is 2. The standard InChI is InChI=1S/C25H26ClN3O5S/c1-3-34-23-10-6-8-19(25(23)31)15-27-28-24(30)17-29(16-20-7-4-5-9-22(20)26)35(32,33)21-13-11-18(2)12-14-21/h4-15,31H,3,16-17H2,1-2H3,(H,28,30)/b27-15-. The first-order valence-corrected chi connectivity index (χ1v) is 12.6. The first kappa shape index (κ1) is 26.2. The van der Waals surface area contributed by atoms with Gasteiger partial charge < -0.3 is 9.84 Å². The number of carbonyl (C=O) groups is 1. The molecular weight excluding hydrogens is 490 g/mol. The zero-order chi connectivity index (χ0) is 25.4. The van der Waals surface area contributed by atoms with Crippen LogP contribution in [0.1, 0.15) is 23.6 Å². The van der Waals surface area contributed by atoms with Gasteiger partial charge in [-0.2, -0.15) is 9.41 Å². The van der Waals surface area contributed by atoms with Crippen molar-refractivity contribution in [2.45, 2.75) is 25.3 Å². The van der Waals surface area contributed by atoms with Gasteiger partial charge in [0, 0.05) is 17.1 Å². The zero-order valence-corrected chi connectivity index (χ0v) is 20.9. The normalized spacial score (nSPS) is 11.7. The van der Waals surface area contributed by atoms with Crippen molar-refractivity contribution in [3.63, 3.8) is 0 Å². The van der Waals surface area contributed by atoms with Gasteiger partial charge in [0.15, 0.2) is 11.5 Å². The lowest BCUT2D eigenvalue weighted by atomic mass is 10.2. The van der Waals surface area contributed by atoms with Crippen LogP contribution in [-0.4, -0.2) is 43.1 Å². The number of sulfonamides is 1. The Hall–Kier alpha value is -3.40. The van der Waals surface area contributed by atoms with Crippen LogP contribution in [0.4, 0.5) is 0 Å². The molecule has 0 saturated carbocycles. The van der Waals surface area contributed by atoms with Crippen LogP contribution in [0, 0.1) is 6.92 Å². The van der Waals surface area contributed by atoms with Crippen LogP contribution in [0.5, 0.6) is 11.5 Å². The van der Waals surface area contributed by atoms with Gasteiger partial charge in [-0.15, -0.1) is 0 Å². The van der Waals surface area contributed by atoms with Crippen molar-refractivity contribution in [1.82, 2.24) is 9.73 Å². The molecule has 0 radical (unpaired) electrons. The Labute approximate surface area is 209 Å². The molecule has 2 N–H and O–H groups in total. The van der Waals surface area contributed by atoms with Gasteiger partial charge in [0.2, 0.25) is 10.0 Å². The van der Waals surface area contributed by atoms with Crippen molar-refractivity contribution < 1.29 is 23.1 Å². The summed E-state index contributed by atoms with van der Waals surface area (Å²) in [6, 6.07) is 18.1. The summed E-state index contributed by atoms with van der Waals surface area (Å²) in [5.74, 6) is -0.489. The van der Waals surface area contributed by atoms with E-state index in [1.807, 2.05) is 6.92 Å². The number of hydrazone groups is 1. The van der Waals surface area contributed by atoms with Crippen molar-refractivity contribution in [2.75, 3.05) is 13.2 Å². The molecule has 0 spiro atoms. The molecule has 3 aromatic carbocycles. The van der Waals surface area contributed by atoms with Crippen LogP contribution in [0.2, 0.25) is 5.02 Å². The minimum atomic E-state index is -4.02. The molecule has 1 amide bonds. The van der Waals surface area contributed by atoms with Gasteiger partial charge in [-0.25, -0.2) is 13.8 Å². The second kappa shape index (κ2) is 11.8. The van der Waals surface area contributed by atoms with Crippen LogP contribution < -0.4 is 10.2 Å². The van der Waals surface area contributed by atoms with E-state index < -0.39 is 22.5 Å². The molecule has 0 bridgehead atoms. The van der Waals surface area contributed by atoms with E-state index in [1.54, 1.807) is 61.5 Å². The molecule has 0 fully saturated rings. The average Bonchev–Trinajstić information content (AvgIpc) is 2.82. The number of phenols is 1. The summed E-state index contributed by atoms with van der Waals surface area (Å²) >= 11 is 6.24. The fourth-order valence-corrected chi connectivity index (χ4v) is 4.76. The molecule has 3 aromatic rings. The smallest absolute Gasteiger partial charge is 0.255 e. The molecule has 0 aliphatic carbocycles. The Morgan fingerprint density at radius 1 is 1.11 bits per heavy atom. The Bertz CT molecular complexity index is 1310. The third kappa shape index (κ3) is 6.82. The van der Waals surface area contributed by atoms with Crippen molar-refractivity contribution in [3.8, 4) is 11.5 Å². The van der Waals surface area contributed by atoms with Crippen molar-refractivity contribution >= 4 is 33.7 Å². The second-order valence-corrected chi connectivity index (χ2v) is 9.94. The number of carbonyl (C=O) groups excluding carboxylic acids is 1. The van der Waals surface area contributed by atoms with E-state index in [2.05, 4.69) is 10.5 Å². The van der Waals surface area contributed by atoms with Crippen molar-refractivity contribution in [3.05, 3.63) is 88.4 Å². The van der Waals surface area contributed by atoms with Gasteiger partial charge in [0.1, 0.15) is 0 Å². The third-order valence-corrected chi connectivity index (χ3v) is 7.18. The quantitative estimate of drug-likeness (QED) is 0.312. The molecule has 0 aliphatic rings. The predicted octanol–water partition coefficient (Wildman–Crippen LogP) is 4.09. The number of rotatable bonds is 10. The lowest BCUT2D eigenvalue weighted by molar-refractivity contribution is -0.121. The molecule has 0 saturated heterocycles. The number of nitrogens with one attached hydrogen (secondary N) is 1. The maximum absolute atomic E-state index is 13.4. The molecule has 0 atom stereocenters. The van der Waals surface area contributed by atoms with Crippen LogP contribution in [0.3, 0.4) is 0 Å². The van der Waals surface area contributed by atoms with E-state index in [4.69, 9.17) is 16.3 Å². The van der Waals surface area contributed by atoms with Gasteiger partial charge in [0.25, 0.3) is 5.91 Å². The third-order valence-electron chi connectivity index (χ3n) is 5.01. The monoisotopic (exact) mass is 515 g/mol. The fourth-order valence-electron chi connectivity index (χ4n) is 3.19. The highest BCUT2D eigenvalue weighted by Gasteiger charge is 2.27. The van der Waals surface area contributed by atoms with Crippen LogP contribution in [0.25, 0.3) is 0 Å². The van der Waals surface area contributed by atoms with Crippen LogP contribution >= 0.6 is 11.6 Å². The van der Waals surface area contributed by atoms with Crippen LogP contribution in [-0.2, 0) is 21.4 Å². The van der Waals surface area contributed by atoms with E-state index in [0.717, 1.165) is 9.87 Å². The van der Waals surface area contributed by atoms with Gasteiger partial charge in [-0.1, -0.05) is 53.6 Å². The number of benzene rings is 3. The first-order chi connectivity index (χ1) is 16.7. The molecule has 3 rings (SSSR count). The van der Waals surface area contributed by atoms with Crippen molar-refractivity contribution in [2.24, 2.45) is 5.10 Å². The minimum absolute atomic E-state index is 0.0594. The zero-order valence-electron chi connectivity index (χ0n) is 19.3. The topological polar surface area (TPSA) is 108 Å². The first-order valence-electron chi connectivity index (χ1n) is 10.8. The van der Waals surface area contributed by atoms with Crippen LogP contribution in [0.15, 0.2) is 76.7 Å². The number of amides is 1. The predicted molar refractivity (Wildman–Crippen MR) is 135 cm³/mol. The highest BCUT2D eigenvalue weighted by atomic mass is 35.5. The van der Waals surface area contributed by atoms with E-state index in [0.29, 0.717) is 22.8 Å². The Kier molecular flexibility index (Phi) is 8.86. The molecule has 184 valence electrons. The summed E-state index contributed by atoms with van der Waals surface area (Å²) < 4.78 is 33.1. The van der Waals surface area contributed by atoms with Crippen molar-refractivity contribution in [1.29, 1.82) is 0 Å². The fraction of sp³-hybridized carbons (Fsp3) is 0.200. The van der Waals surface area contributed by atoms with Gasteiger partial charge in [-0.3, -0.25) is 4.79 Å². The highest BCUT2D eigenvalue weighted by molar-refractivity contribution is 7.89. The highest BCUT2D eigenvalue weighted by Crippen LogP contribution is 2.28. The Morgan fingerprint density at radius 2 is 1.83 bits per heavy atom. The Morgan fingerprint density at radius 3 is 2.51 bits per heavy atom. The number of aryl methyl sites for hydroxylation is 1. The summed E-state index contributed by atoms with van der Waals surface area (Å²) in [4.78, 5) is 12.7. The number of hydrogen-bond donors (Lipinski definition) is 2. The van der Waals surface area contributed by atoms with Gasteiger partial charge in [-0.05, 0) is 49.7 Å². The molecular formula is C25H26ClN3O5S. The molecule has 0 aromatic heterocycles. The minimum Gasteiger partial charge on any atom is -0.504 e. The summed E-state index contributed by atoms with van der Waals surface area (Å²) in [7, 11) is -4.02. The van der Waals surface area contributed by atoms with E-state index in [9.17, 15) is 18.3 Å². The van der Waals surface area contributed by atoms with Gasteiger partial charge >= 0.3 is 0 Å². The van der Waals surface area contributed by atoms with E-state index in [-0.39, 0.29) is 22.9 Å². The number of para-hydroxylation sites is 1. The van der Waals surface area contributed by atoms with Gasteiger partial charge in [0.05, 0.1) is 24.3 Å². The summed E-state index contributed by atoms with van der Waals surface area (Å²) in [5.41, 5.74) is 4.11. The number of aromatic hydroxyl groups is 1. The number of phenolic OH excluding ortho intramolecular Hbond substituents is 1. The second-order valence-electron chi connectivity index (χ2n) is 7.60. The average molecular weight is 516 g/mol. The number of halogens is 1. The maximum Gasteiger partial charge on any atom is 0.255 e. The molecule has 35 heavy (non-hydrogen) atoms. The van der Waals surface area contributed by atoms with E-state index in [1.165, 1.54) is 18.3 Å². The molecule has 0 heterocycles. The summed E-state index contributed by atoms with van der Waals surface area (Å²) in [6.07, 6.45) is 1.25. The summed E-state index contributed by atoms with van der Waals surface area (Å²) in [6.45, 7) is 3.42. The number of hydrogen-bond acceptors (Lipinski definition) is 6. The lowest BCUT2D eigenvalue weighted by Gasteiger charge is -2.22. The van der Waals surface area contributed by atoms with E-state index >= 15 is 0 Å². The SMILES string of the molecule is CCOc1cccc(/C=N\NC(=O)CN(Cc2ccccc2Cl)S(=O)(=O)c2ccc(C)cc2)c1O. The molecule has 8 nitrogen and oxygen atoms in total. The molecule has 10 heteroatoms. The lowest BCUT2D eigenvalue weighted by Crippen LogP contribution is -2.39. The Balaban J connectivity index is 1.80. The summed E-state index contributed by atoms with van der Waals surface area (Å²) in [5, 5.41) is 14.5. The number of ether oxygens (including phenoxy) is 1. The maximum atomic E-state index is 13.4.